The van der Waals surface area contributed by atoms with E-state index in [1.165, 1.54) is 6.26 Å². The lowest BCUT2D eigenvalue weighted by Crippen LogP contribution is -2.26. The molecule has 5 heteroatoms. The van der Waals surface area contributed by atoms with Gasteiger partial charge in [0, 0.05) is 12.8 Å². The summed E-state index contributed by atoms with van der Waals surface area (Å²) in [6.07, 6.45) is -3.12. The monoisotopic (exact) mass is 221 g/mol. The Morgan fingerprint density at radius 1 is 1.47 bits per heavy atom. The molecule has 1 heterocycles. The van der Waals surface area contributed by atoms with Crippen molar-refractivity contribution in [1.29, 1.82) is 0 Å². The van der Waals surface area contributed by atoms with Gasteiger partial charge in [-0.05, 0) is 31.6 Å². The molecule has 0 saturated heterocycles. The first-order valence-corrected chi connectivity index (χ1v) is 4.75. The minimum Gasteiger partial charge on any atom is -0.469 e. The van der Waals surface area contributed by atoms with E-state index in [0.29, 0.717) is 18.7 Å². The number of hydrogen-bond donors (Lipinski definition) is 1. The molecule has 0 spiro atoms. The number of nitrogens with one attached hydrogen (secondary N) is 1. The summed E-state index contributed by atoms with van der Waals surface area (Å²) < 4.78 is 41.6. The highest BCUT2D eigenvalue weighted by atomic mass is 19.4. The van der Waals surface area contributed by atoms with Crippen LogP contribution in [0, 0.1) is 5.92 Å². The van der Waals surface area contributed by atoms with Crippen LogP contribution in [0.4, 0.5) is 13.2 Å². The third kappa shape index (κ3) is 4.88. The van der Waals surface area contributed by atoms with Gasteiger partial charge in [-0.15, -0.1) is 0 Å². The first-order valence-electron chi connectivity index (χ1n) is 4.75. The van der Waals surface area contributed by atoms with Crippen molar-refractivity contribution in [2.75, 3.05) is 13.6 Å². The van der Waals surface area contributed by atoms with Gasteiger partial charge in [0.1, 0.15) is 5.76 Å². The summed E-state index contributed by atoms with van der Waals surface area (Å²) >= 11 is 0. The van der Waals surface area contributed by atoms with Crippen LogP contribution in [0.5, 0.6) is 0 Å². The van der Waals surface area contributed by atoms with Crippen molar-refractivity contribution < 1.29 is 17.6 Å². The Kier molecular flexibility index (Phi) is 4.20. The molecule has 0 amide bonds. The predicted octanol–water partition coefficient (Wildman–Crippen LogP) is 2.61. The molecule has 0 aliphatic carbocycles. The van der Waals surface area contributed by atoms with E-state index in [0.717, 1.165) is 0 Å². The Hall–Kier alpha value is -0.970. The Labute approximate surface area is 86.5 Å². The summed E-state index contributed by atoms with van der Waals surface area (Å²) in [5.74, 6) is 0.126. The summed E-state index contributed by atoms with van der Waals surface area (Å²) in [6, 6.07) is 3.37. The number of rotatable bonds is 5. The third-order valence-corrected chi connectivity index (χ3v) is 2.08. The van der Waals surface area contributed by atoms with Crippen molar-refractivity contribution in [3.63, 3.8) is 0 Å². The number of halogens is 3. The lowest BCUT2D eigenvalue weighted by Gasteiger charge is -2.16. The first-order chi connectivity index (χ1) is 7.01. The summed E-state index contributed by atoms with van der Waals surface area (Å²) in [7, 11) is 1.64. The van der Waals surface area contributed by atoms with Crippen LogP contribution < -0.4 is 5.32 Å². The minimum absolute atomic E-state index is 0.313. The van der Waals surface area contributed by atoms with Gasteiger partial charge in [0.2, 0.25) is 0 Å². The molecule has 0 aliphatic rings. The van der Waals surface area contributed by atoms with Crippen LogP contribution in [0.25, 0.3) is 0 Å². The molecule has 1 N–H and O–H groups in total. The summed E-state index contributed by atoms with van der Waals surface area (Å²) in [5, 5.41) is 2.76. The molecule has 15 heavy (non-hydrogen) atoms. The van der Waals surface area contributed by atoms with E-state index >= 15 is 0 Å². The molecule has 1 aromatic rings. The van der Waals surface area contributed by atoms with Crippen molar-refractivity contribution in [3.05, 3.63) is 24.2 Å². The normalized spacial score (nSPS) is 14.1. The molecular formula is C10H14F3NO. The van der Waals surface area contributed by atoms with E-state index in [9.17, 15) is 13.2 Å². The highest BCUT2D eigenvalue weighted by molar-refractivity contribution is 4.99. The molecule has 1 rings (SSSR count). The van der Waals surface area contributed by atoms with Crippen LogP contribution >= 0.6 is 0 Å². The van der Waals surface area contributed by atoms with Gasteiger partial charge in [-0.3, -0.25) is 0 Å². The van der Waals surface area contributed by atoms with Gasteiger partial charge in [0.25, 0.3) is 0 Å². The maximum absolute atomic E-state index is 12.2. The van der Waals surface area contributed by atoms with Crippen molar-refractivity contribution in [3.8, 4) is 0 Å². The van der Waals surface area contributed by atoms with Crippen LogP contribution in [-0.2, 0) is 6.42 Å². The van der Waals surface area contributed by atoms with E-state index in [-0.39, 0.29) is 0 Å². The number of hydrogen-bond acceptors (Lipinski definition) is 2. The van der Waals surface area contributed by atoms with Crippen LogP contribution in [0.15, 0.2) is 22.8 Å². The Bertz CT molecular complexity index is 269. The molecular weight excluding hydrogens is 207 g/mol. The molecule has 0 fully saturated rings. The molecule has 1 unspecified atom stereocenters. The Balaban J connectivity index is 2.51. The van der Waals surface area contributed by atoms with Gasteiger partial charge in [0.15, 0.2) is 0 Å². The van der Waals surface area contributed by atoms with Crippen LogP contribution in [-0.4, -0.2) is 19.8 Å². The van der Waals surface area contributed by atoms with Gasteiger partial charge < -0.3 is 9.73 Å². The van der Waals surface area contributed by atoms with Gasteiger partial charge in [0.05, 0.1) is 6.26 Å². The van der Waals surface area contributed by atoms with Gasteiger partial charge in [-0.2, -0.15) is 13.2 Å². The highest BCUT2D eigenvalue weighted by Crippen LogP contribution is 2.26. The zero-order valence-corrected chi connectivity index (χ0v) is 8.47. The maximum atomic E-state index is 12.2. The molecule has 86 valence electrons. The quantitative estimate of drug-likeness (QED) is 0.826. The van der Waals surface area contributed by atoms with E-state index in [1.807, 2.05) is 0 Å². The topological polar surface area (TPSA) is 25.2 Å². The standard InChI is InChI=1S/C10H14F3NO/c1-14-7-8(6-10(11,12)13)5-9-3-2-4-15-9/h2-4,8,14H,5-7H2,1H3. The van der Waals surface area contributed by atoms with Crippen LogP contribution in [0.3, 0.4) is 0 Å². The molecule has 0 aromatic carbocycles. The third-order valence-electron chi connectivity index (χ3n) is 2.08. The lowest BCUT2D eigenvalue weighted by atomic mass is 9.99. The first kappa shape index (κ1) is 12.1. The van der Waals surface area contributed by atoms with Crippen molar-refractivity contribution in [1.82, 2.24) is 5.32 Å². The minimum atomic E-state index is -4.12. The average molecular weight is 221 g/mol. The number of alkyl halides is 3. The average Bonchev–Trinajstić information content (AvgIpc) is 2.54. The Morgan fingerprint density at radius 2 is 2.20 bits per heavy atom. The lowest BCUT2D eigenvalue weighted by molar-refractivity contribution is -0.144. The highest BCUT2D eigenvalue weighted by Gasteiger charge is 2.31. The maximum Gasteiger partial charge on any atom is 0.389 e. The molecule has 2 nitrogen and oxygen atoms in total. The molecule has 0 bridgehead atoms. The van der Waals surface area contributed by atoms with Crippen molar-refractivity contribution in [2.45, 2.75) is 19.0 Å². The van der Waals surface area contributed by atoms with Gasteiger partial charge in [-0.25, -0.2) is 0 Å². The molecule has 0 aliphatic heterocycles. The van der Waals surface area contributed by atoms with Crippen molar-refractivity contribution in [2.24, 2.45) is 5.92 Å². The summed E-state index contributed by atoms with van der Waals surface area (Å²) in [5.41, 5.74) is 0. The molecule has 1 aromatic heterocycles. The fourth-order valence-corrected chi connectivity index (χ4v) is 1.55. The van der Waals surface area contributed by atoms with Crippen molar-refractivity contribution >= 4 is 0 Å². The fraction of sp³-hybridized carbons (Fsp3) is 0.600. The van der Waals surface area contributed by atoms with Gasteiger partial charge in [-0.1, -0.05) is 0 Å². The second-order valence-electron chi connectivity index (χ2n) is 3.53. The van der Waals surface area contributed by atoms with E-state index in [4.69, 9.17) is 4.42 Å². The smallest absolute Gasteiger partial charge is 0.389 e. The van der Waals surface area contributed by atoms with E-state index in [1.54, 1.807) is 19.2 Å². The van der Waals surface area contributed by atoms with Crippen LogP contribution in [0.1, 0.15) is 12.2 Å². The zero-order valence-electron chi connectivity index (χ0n) is 8.47. The summed E-state index contributed by atoms with van der Waals surface area (Å²) in [6.45, 7) is 0.334. The SMILES string of the molecule is CNCC(Cc1ccco1)CC(F)(F)F. The Morgan fingerprint density at radius 3 is 2.67 bits per heavy atom. The van der Waals surface area contributed by atoms with E-state index in [2.05, 4.69) is 5.32 Å². The van der Waals surface area contributed by atoms with E-state index < -0.39 is 18.5 Å². The molecule has 0 saturated carbocycles. The largest absolute Gasteiger partial charge is 0.469 e. The molecule has 0 radical (unpaired) electrons. The molecule has 1 atom stereocenters. The predicted molar refractivity (Wildman–Crippen MR) is 50.5 cm³/mol. The van der Waals surface area contributed by atoms with Gasteiger partial charge >= 0.3 is 6.18 Å². The summed E-state index contributed by atoms with van der Waals surface area (Å²) in [4.78, 5) is 0. The van der Waals surface area contributed by atoms with Crippen LogP contribution in [0.2, 0.25) is 0 Å². The second kappa shape index (κ2) is 5.21. The zero-order chi connectivity index (χ0) is 11.3. The number of furan rings is 1. The second-order valence-corrected chi connectivity index (χ2v) is 3.53. The fourth-order valence-electron chi connectivity index (χ4n) is 1.55.